The first-order valence-corrected chi connectivity index (χ1v) is 14.5. The molecule has 0 bridgehead atoms. The zero-order valence-electron chi connectivity index (χ0n) is 22.5. The van der Waals surface area contributed by atoms with Gasteiger partial charge in [-0.25, -0.2) is 14.8 Å². The van der Waals surface area contributed by atoms with Crippen LogP contribution in [0.2, 0.25) is 5.02 Å². The normalized spacial score (nSPS) is 21.1. The number of carboxylic acids is 1. The van der Waals surface area contributed by atoms with E-state index in [1.807, 2.05) is 41.0 Å². The van der Waals surface area contributed by atoms with E-state index in [1.165, 1.54) is 11.6 Å². The zero-order valence-corrected chi connectivity index (χ0v) is 23.3. The second kappa shape index (κ2) is 11.0. The minimum atomic E-state index is -1.04. The van der Waals surface area contributed by atoms with Crippen molar-refractivity contribution in [1.82, 2.24) is 19.4 Å². The highest BCUT2D eigenvalue weighted by molar-refractivity contribution is 6.30. The maximum absolute atomic E-state index is 11.6. The number of benzene rings is 2. The quantitative estimate of drug-likeness (QED) is 0.310. The summed E-state index contributed by atoms with van der Waals surface area (Å²) in [7, 11) is 0. The number of para-hydroxylation sites is 1. The average molecular weight is 575 g/mol. The van der Waals surface area contributed by atoms with E-state index in [-0.39, 0.29) is 17.9 Å². The van der Waals surface area contributed by atoms with Gasteiger partial charge in [0.1, 0.15) is 17.9 Å². The molecular formula is C31H31ClN4O5. The molecule has 2 saturated heterocycles. The van der Waals surface area contributed by atoms with Gasteiger partial charge in [-0.05, 0) is 74.2 Å². The molecule has 10 heteroatoms. The predicted octanol–water partition coefficient (Wildman–Crippen LogP) is 5.46. The van der Waals surface area contributed by atoms with Crippen LogP contribution in [0.15, 0.2) is 54.6 Å². The number of piperidine rings is 1. The highest BCUT2D eigenvalue weighted by Gasteiger charge is 2.30. The van der Waals surface area contributed by atoms with Gasteiger partial charge in [-0.1, -0.05) is 35.9 Å². The number of carboxylic acid groups (broad SMARTS) is 1. The lowest BCUT2D eigenvalue weighted by Crippen LogP contribution is -2.35. The summed E-state index contributed by atoms with van der Waals surface area (Å²) in [4.78, 5) is 23.2. The summed E-state index contributed by atoms with van der Waals surface area (Å²) in [6.07, 6.45) is 2.88. The molecule has 0 saturated carbocycles. The summed E-state index contributed by atoms with van der Waals surface area (Å²) in [6, 6.07) is 17.2. The van der Waals surface area contributed by atoms with E-state index in [1.54, 1.807) is 6.07 Å². The number of rotatable bonds is 7. The number of halogens is 1. The van der Waals surface area contributed by atoms with Crippen molar-refractivity contribution >= 4 is 28.7 Å². The molecule has 2 aromatic heterocycles. The molecule has 3 aliphatic heterocycles. The Bertz CT molecular complexity index is 1590. The molecule has 9 nitrogen and oxygen atoms in total. The Morgan fingerprint density at radius 1 is 1.05 bits per heavy atom. The minimum absolute atomic E-state index is 0.0248. The van der Waals surface area contributed by atoms with E-state index in [0.717, 1.165) is 61.8 Å². The van der Waals surface area contributed by atoms with E-state index in [0.29, 0.717) is 41.8 Å². The second-order valence-corrected chi connectivity index (χ2v) is 11.4. The van der Waals surface area contributed by atoms with Gasteiger partial charge >= 0.3 is 5.97 Å². The van der Waals surface area contributed by atoms with Gasteiger partial charge in [-0.3, -0.25) is 4.90 Å². The number of carbonyl (C=O) groups is 1. The zero-order chi connectivity index (χ0) is 27.9. The van der Waals surface area contributed by atoms with Gasteiger partial charge in [0, 0.05) is 17.2 Å². The molecule has 2 fully saturated rings. The molecule has 1 unspecified atom stereocenters. The van der Waals surface area contributed by atoms with Gasteiger partial charge in [0.05, 0.1) is 19.2 Å². The summed E-state index contributed by atoms with van der Waals surface area (Å²) >= 11 is 6.20. The van der Waals surface area contributed by atoms with Crippen LogP contribution < -0.4 is 9.47 Å². The van der Waals surface area contributed by atoms with Gasteiger partial charge < -0.3 is 23.9 Å². The highest BCUT2D eigenvalue weighted by atomic mass is 35.5. The van der Waals surface area contributed by atoms with Crippen molar-refractivity contribution in [2.45, 2.75) is 50.5 Å². The van der Waals surface area contributed by atoms with Crippen LogP contribution in [-0.4, -0.2) is 62.9 Å². The Balaban J connectivity index is 1.05. The van der Waals surface area contributed by atoms with Gasteiger partial charge in [0.25, 0.3) is 0 Å². The van der Waals surface area contributed by atoms with Crippen molar-refractivity contribution in [2.75, 3.05) is 26.3 Å². The molecular weight excluding hydrogens is 544 g/mol. The van der Waals surface area contributed by atoms with Crippen LogP contribution >= 0.6 is 11.6 Å². The number of imidazole rings is 1. The van der Waals surface area contributed by atoms with Crippen molar-refractivity contribution in [2.24, 2.45) is 0 Å². The maximum atomic E-state index is 11.6. The summed E-state index contributed by atoms with van der Waals surface area (Å²) in [5.41, 5.74) is 3.55. The number of hydrogen-bond donors (Lipinski definition) is 1. The first-order valence-electron chi connectivity index (χ1n) is 14.1. The van der Waals surface area contributed by atoms with Crippen molar-refractivity contribution in [3.63, 3.8) is 0 Å². The van der Waals surface area contributed by atoms with E-state index in [4.69, 9.17) is 30.8 Å². The molecule has 3 aliphatic rings. The van der Waals surface area contributed by atoms with Crippen LogP contribution in [0.5, 0.6) is 11.5 Å². The van der Waals surface area contributed by atoms with Crippen molar-refractivity contribution in [1.29, 1.82) is 0 Å². The third kappa shape index (κ3) is 5.25. The second-order valence-electron chi connectivity index (χ2n) is 11.0. The number of likely N-dealkylation sites (tertiary alicyclic amines) is 1. The largest absolute Gasteiger partial charge is 0.485 e. The Hall–Kier alpha value is -3.66. The van der Waals surface area contributed by atoms with E-state index < -0.39 is 5.97 Å². The Labute approximate surface area is 242 Å². The number of nitrogens with zero attached hydrogens (tertiary/aromatic N) is 4. The number of hydrogen-bond acceptors (Lipinski definition) is 7. The van der Waals surface area contributed by atoms with Crippen molar-refractivity contribution < 1.29 is 24.1 Å². The number of aromatic carboxylic acids is 1. The smallest absolute Gasteiger partial charge is 0.354 e. The fraction of sp³-hybridized carbons (Fsp3) is 0.387. The molecule has 0 aliphatic carbocycles. The van der Waals surface area contributed by atoms with Crippen LogP contribution in [0, 0.1) is 0 Å². The van der Waals surface area contributed by atoms with Crippen LogP contribution in [0.4, 0.5) is 0 Å². The number of ether oxygens (including phenoxy) is 3. The average Bonchev–Trinajstić information content (AvgIpc) is 3.30. The summed E-state index contributed by atoms with van der Waals surface area (Å²) in [5.74, 6) is 1.85. The van der Waals surface area contributed by atoms with Gasteiger partial charge in [-0.15, -0.1) is 0 Å². The SMILES string of the molecule is O=C(O)c1ccc2nc(CN3CCC(c4cccc5c4OCC(c4cccc(Cl)c4)O5)CC3)n(C[C@@H]3CCO3)c2n1. The highest BCUT2D eigenvalue weighted by Crippen LogP contribution is 2.44. The van der Waals surface area contributed by atoms with Crippen LogP contribution in [0.1, 0.15) is 58.7 Å². The van der Waals surface area contributed by atoms with Gasteiger partial charge in [0.2, 0.25) is 0 Å². The van der Waals surface area contributed by atoms with E-state index in [9.17, 15) is 9.90 Å². The first-order chi connectivity index (χ1) is 20.0. The molecule has 4 aromatic rings. The molecule has 5 heterocycles. The fourth-order valence-electron chi connectivity index (χ4n) is 6.03. The molecule has 2 aromatic carbocycles. The Morgan fingerprint density at radius 2 is 1.88 bits per heavy atom. The lowest BCUT2D eigenvalue weighted by Gasteiger charge is -2.35. The molecule has 0 amide bonds. The summed E-state index contributed by atoms with van der Waals surface area (Å²) in [6.45, 7) is 4.33. The molecule has 212 valence electrons. The summed E-state index contributed by atoms with van der Waals surface area (Å²) < 4.78 is 20.4. The molecule has 0 spiro atoms. The third-order valence-electron chi connectivity index (χ3n) is 8.34. The Morgan fingerprint density at radius 3 is 2.63 bits per heavy atom. The van der Waals surface area contributed by atoms with E-state index >= 15 is 0 Å². The van der Waals surface area contributed by atoms with Crippen molar-refractivity contribution in [3.8, 4) is 11.5 Å². The Kier molecular flexibility index (Phi) is 7.02. The fourth-order valence-corrected chi connectivity index (χ4v) is 6.23. The standard InChI is InChI=1S/C31H31ClN4O5/c32-21-4-1-3-20(15-21)27-18-40-29-23(5-2-6-26(29)41-27)19-9-12-35(13-10-19)17-28-33-24-7-8-25(31(37)38)34-30(24)36(28)16-22-11-14-39-22/h1-8,15,19,22,27H,9-14,16-18H2,(H,37,38)/t22-,27?/m0/s1. The molecule has 41 heavy (non-hydrogen) atoms. The van der Waals surface area contributed by atoms with Crippen LogP contribution in [0.25, 0.3) is 11.2 Å². The lowest BCUT2D eigenvalue weighted by atomic mass is 9.88. The minimum Gasteiger partial charge on any atom is -0.485 e. The number of aromatic nitrogens is 3. The molecule has 1 N–H and O–H groups in total. The van der Waals surface area contributed by atoms with Gasteiger partial charge in [0.15, 0.2) is 28.9 Å². The predicted molar refractivity (Wildman–Crippen MR) is 153 cm³/mol. The molecule has 0 radical (unpaired) electrons. The van der Waals surface area contributed by atoms with Gasteiger partial charge in [-0.2, -0.15) is 0 Å². The molecule has 2 atom stereocenters. The van der Waals surface area contributed by atoms with Crippen molar-refractivity contribution in [3.05, 3.63) is 82.3 Å². The maximum Gasteiger partial charge on any atom is 0.354 e. The topological polar surface area (TPSA) is 98.9 Å². The molecule has 7 rings (SSSR count). The van der Waals surface area contributed by atoms with E-state index in [2.05, 4.69) is 16.0 Å². The number of fused-ring (bicyclic) bond motifs is 2. The van der Waals surface area contributed by atoms with Crippen LogP contribution in [-0.2, 0) is 17.8 Å². The monoisotopic (exact) mass is 574 g/mol. The lowest BCUT2D eigenvalue weighted by molar-refractivity contribution is -0.0593. The number of pyridine rings is 1. The third-order valence-corrected chi connectivity index (χ3v) is 8.58. The van der Waals surface area contributed by atoms with Crippen LogP contribution in [0.3, 0.4) is 0 Å². The first kappa shape index (κ1) is 26.3. The summed E-state index contributed by atoms with van der Waals surface area (Å²) in [5, 5.41) is 10.1.